The van der Waals surface area contributed by atoms with Gasteiger partial charge in [0.1, 0.15) is 5.78 Å². The number of Topliss-reactive ketones (excluding diaryl/α,β-unsaturated/α-hetero) is 1. The van der Waals surface area contributed by atoms with E-state index < -0.39 is 0 Å². The lowest BCUT2D eigenvalue weighted by molar-refractivity contribution is -0.121. The number of likely N-dealkylation sites (tertiary alicyclic amines) is 1. The highest BCUT2D eigenvalue weighted by molar-refractivity contribution is 5.79. The van der Waals surface area contributed by atoms with E-state index in [1.165, 1.54) is 0 Å². The minimum Gasteiger partial charge on any atom is -0.338 e. The maximum Gasteiger partial charge on any atom is 0.240 e. The standard InChI is InChI=1S/C9H13N3O2/c1-7-10-9(14-11-7)6-12-4-2-8(13)3-5-12/h2-6H2,1H3. The van der Waals surface area contributed by atoms with Gasteiger partial charge in [0.05, 0.1) is 6.54 Å². The fraction of sp³-hybridized carbons (Fsp3) is 0.667. The fourth-order valence-electron chi connectivity index (χ4n) is 1.56. The molecular formula is C9H13N3O2. The minimum absolute atomic E-state index is 0.350. The van der Waals surface area contributed by atoms with Crippen molar-refractivity contribution in [1.29, 1.82) is 0 Å². The van der Waals surface area contributed by atoms with Gasteiger partial charge in [0.25, 0.3) is 0 Å². The summed E-state index contributed by atoms with van der Waals surface area (Å²) < 4.78 is 5.01. The zero-order valence-corrected chi connectivity index (χ0v) is 8.19. The molecule has 0 atom stereocenters. The quantitative estimate of drug-likeness (QED) is 0.689. The highest BCUT2D eigenvalue weighted by Crippen LogP contribution is 2.09. The number of carbonyl (C=O) groups excluding carboxylic acids is 1. The molecule has 0 amide bonds. The number of aromatic nitrogens is 2. The van der Waals surface area contributed by atoms with E-state index in [1.54, 1.807) is 6.92 Å². The second-order valence-corrected chi connectivity index (χ2v) is 3.55. The van der Waals surface area contributed by atoms with E-state index in [4.69, 9.17) is 4.52 Å². The first-order valence-electron chi connectivity index (χ1n) is 4.77. The van der Waals surface area contributed by atoms with Crippen molar-refractivity contribution in [3.63, 3.8) is 0 Å². The lowest BCUT2D eigenvalue weighted by Crippen LogP contribution is -2.33. The molecule has 5 heteroatoms. The van der Waals surface area contributed by atoms with Crippen LogP contribution >= 0.6 is 0 Å². The molecule has 0 aliphatic carbocycles. The zero-order chi connectivity index (χ0) is 9.97. The molecule has 0 unspecified atom stereocenters. The van der Waals surface area contributed by atoms with Crippen LogP contribution in [0, 0.1) is 6.92 Å². The van der Waals surface area contributed by atoms with E-state index >= 15 is 0 Å². The van der Waals surface area contributed by atoms with Crippen LogP contribution in [0.3, 0.4) is 0 Å². The van der Waals surface area contributed by atoms with Gasteiger partial charge >= 0.3 is 0 Å². The Morgan fingerprint density at radius 3 is 2.71 bits per heavy atom. The van der Waals surface area contributed by atoms with Gasteiger partial charge in [-0.05, 0) is 6.92 Å². The number of rotatable bonds is 2. The predicted molar refractivity (Wildman–Crippen MR) is 48.6 cm³/mol. The van der Waals surface area contributed by atoms with Crippen LogP contribution in [0.5, 0.6) is 0 Å². The lowest BCUT2D eigenvalue weighted by Gasteiger charge is -2.23. The van der Waals surface area contributed by atoms with Gasteiger partial charge in [0.15, 0.2) is 5.82 Å². The number of aryl methyl sites for hydroxylation is 1. The van der Waals surface area contributed by atoms with Gasteiger partial charge in [0.2, 0.25) is 5.89 Å². The fourth-order valence-corrected chi connectivity index (χ4v) is 1.56. The van der Waals surface area contributed by atoms with E-state index in [9.17, 15) is 4.79 Å². The molecule has 2 heterocycles. The number of piperidine rings is 1. The SMILES string of the molecule is Cc1noc(CN2CCC(=O)CC2)n1. The molecule has 1 fully saturated rings. The van der Waals surface area contributed by atoms with E-state index in [-0.39, 0.29) is 0 Å². The topological polar surface area (TPSA) is 59.2 Å². The molecule has 0 N–H and O–H groups in total. The van der Waals surface area contributed by atoms with E-state index in [2.05, 4.69) is 15.0 Å². The number of carbonyl (C=O) groups is 1. The summed E-state index contributed by atoms with van der Waals surface area (Å²) in [6.07, 6.45) is 1.29. The van der Waals surface area contributed by atoms with Gasteiger partial charge in [0, 0.05) is 25.9 Å². The Hall–Kier alpha value is -1.23. The molecule has 2 rings (SSSR count). The molecule has 1 aromatic heterocycles. The highest BCUT2D eigenvalue weighted by Gasteiger charge is 2.17. The van der Waals surface area contributed by atoms with Gasteiger partial charge in [-0.25, -0.2) is 0 Å². The summed E-state index contributed by atoms with van der Waals surface area (Å²) in [4.78, 5) is 17.3. The second kappa shape index (κ2) is 3.88. The molecule has 1 aliphatic heterocycles. The Labute approximate surface area is 82.1 Å². The molecule has 1 aromatic rings. The van der Waals surface area contributed by atoms with E-state index in [0.717, 1.165) is 13.1 Å². The van der Waals surface area contributed by atoms with Crippen molar-refractivity contribution in [3.05, 3.63) is 11.7 Å². The molecule has 0 aromatic carbocycles. The third-order valence-electron chi connectivity index (χ3n) is 2.34. The molecule has 0 bridgehead atoms. The van der Waals surface area contributed by atoms with Crippen LogP contribution in [0.1, 0.15) is 24.6 Å². The van der Waals surface area contributed by atoms with Gasteiger partial charge in [-0.1, -0.05) is 5.16 Å². The molecule has 76 valence electrons. The van der Waals surface area contributed by atoms with Crippen LogP contribution in [-0.2, 0) is 11.3 Å². The van der Waals surface area contributed by atoms with E-state index in [1.807, 2.05) is 0 Å². The zero-order valence-electron chi connectivity index (χ0n) is 8.19. The monoisotopic (exact) mass is 195 g/mol. The predicted octanol–water partition coefficient (Wildman–Crippen LogP) is 0.543. The molecule has 0 saturated carbocycles. The Morgan fingerprint density at radius 1 is 1.43 bits per heavy atom. The highest BCUT2D eigenvalue weighted by atomic mass is 16.5. The maximum atomic E-state index is 11.0. The van der Waals surface area contributed by atoms with Gasteiger partial charge in [-0.15, -0.1) is 0 Å². The van der Waals surface area contributed by atoms with Crippen molar-refractivity contribution >= 4 is 5.78 Å². The minimum atomic E-state index is 0.350. The average molecular weight is 195 g/mol. The smallest absolute Gasteiger partial charge is 0.240 e. The number of hydrogen-bond acceptors (Lipinski definition) is 5. The summed E-state index contributed by atoms with van der Waals surface area (Å²) in [5.41, 5.74) is 0. The van der Waals surface area contributed by atoms with Crippen LogP contribution in [0.4, 0.5) is 0 Å². The number of ketones is 1. The van der Waals surface area contributed by atoms with Crippen molar-refractivity contribution in [3.8, 4) is 0 Å². The Bertz CT molecular complexity index is 325. The van der Waals surface area contributed by atoms with Gasteiger partial charge in [-0.3, -0.25) is 9.69 Å². The summed E-state index contributed by atoms with van der Waals surface area (Å²) in [6.45, 7) is 4.07. The Kier molecular flexibility index (Phi) is 2.58. The van der Waals surface area contributed by atoms with Crippen LogP contribution < -0.4 is 0 Å². The number of hydrogen-bond donors (Lipinski definition) is 0. The first-order chi connectivity index (χ1) is 6.74. The molecule has 1 saturated heterocycles. The third-order valence-corrected chi connectivity index (χ3v) is 2.34. The summed E-state index contributed by atoms with van der Waals surface area (Å²) in [7, 11) is 0. The average Bonchev–Trinajstić information content (AvgIpc) is 2.56. The molecule has 14 heavy (non-hydrogen) atoms. The van der Waals surface area contributed by atoms with E-state index in [0.29, 0.717) is 36.9 Å². The van der Waals surface area contributed by atoms with Crippen molar-refractivity contribution in [2.75, 3.05) is 13.1 Å². The Balaban J connectivity index is 1.89. The summed E-state index contributed by atoms with van der Waals surface area (Å²) in [5, 5.41) is 3.72. The van der Waals surface area contributed by atoms with Crippen molar-refractivity contribution in [1.82, 2.24) is 15.0 Å². The Morgan fingerprint density at radius 2 is 2.14 bits per heavy atom. The molecule has 0 spiro atoms. The molecule has 1 aliphatic rings. The molecular weight excluding hydrogens is 182 g/mol. The van der Waals surface area contributed by atoms with Crippen molar-refractivity contribution in [2.45, 2.75) is 26.3 Å². The first-order valence-corrected chi connectivity index (χ1v) is 4.77. The van der Waals surface area contributed by atoms with Crippen molar-refractivity contribution in [2.24, 2.45) is 0 Å². The van der Waals surface area contributed by atoms with Crippen LogP contribution in [0.25, 0.3) is 0 Å². The van der Waals surface area contributed by atoms with Crippen LogP contribution in [-0.4, -0.2) is 33.9 Å². The normalized spacial score (nSPS) is 18.8. The largest absolute Gasteiger partial charge is 0.338 e. The summed E-state index contributed by atoms with van der Waals surface area (Å²) >= 11 is 0. The second-order valence-electron chi connectivity index (χ2n) is 3.55. The van der Waals surface area contributed by atoms with Gasteiger partial charge < -0.3 is 4.52 Å². The van der Waals surface area contributed by atoms with Crippen LogP contribution in [0.15, 0.2) is 4.52 Å². The molecule has 0 radical (unpaired) electrons. The third kappa shape index (κ3) is 2.17. The van der Waals surface area contributed by atoms with Crippen molar-refractivity contribution < 1.29 is 9.32 Å². The number of nitrogens with zero attached hydrogens (tertiary/aromatic N) is 3. The van der Waals surface area contributed by atoms with Gasteiger partial charge in [-0.2, -0.15) is 4.98 Å². The van der Waals surface area contributed by atoms with Crippen LogP contribution in [0.2, 0.25) is 0 Å². The first kappa shape index (κ1) is 9.33. The molecule has 5 nitrogen and oxygen atoms in total. The summed E-state index contributed by atoms with van der Waals surface area (Å²) in [6, 6.07) is 0. The maximum absolute atomic E-state index is 11.0. The summed E-state index contributed by atoms with van der Waals surface area (Å²) in [5.74, 6) is 1.65. The lowest BCUT2D eigenvalue weighted by atomic mass is 10.1.